The molecule has 0 amide bonds. The summed E-state index contributed by atoms with van der Waals surface area (Å²) in [6.07, 6.45) is 0.426. The van der Waals surface area contributed by atoms with E-state index in [1.54, 1.807) is 35.6 Å². The second-order valence-corrected chi connectivity index (χ2v) is 11.0. The molecule has 2 aliphatic heterocycles. The summed E-state index contributed by atoms with van der Waals surface area (Å²) in [5.41, 5.74) is 3.60. The van der Waals surface area contributed by atoms with E-state index in [1.165, 1.54) is 4.88 Å². The Bertz CT molecular complexity index is 1420. The van der Waals surface area contributed by atoms with E-state index >= 15 is 0 Å². The van der Waals surface area contributed by atoms with E-state index in [1.807, 2.05) is 47.5 Å². The number of benzene rings is 3. The highest BCUT2D eigenvalue weighted by Crippen LogP contribution is 2.48. The standard InChI is InChI=1S/C27H18Br2N2O3S/c28-18-7-3-17(4-8-18)27(32)33-20-10-5-16(6-11-20)26-31-23(15-22(30-31)25-2-1-13-35-25)21-14-19(29)9-12-24(21)34-26/h1-14,23,26H,15H2/t23-,26+/m1/s1. The predicted molar refractivity (Wildman–Crippen MR) is 143 cm³/mol. The Balaban J connectivity index is 1.28. The molecule has 0 saturated heterocycles. The third-order valence-corrected chi connectivity index (χ3v) is 7.95. The van der Waals surface area contributed by atoms with Gasteiger partial charge in [0.1, 0.15) is 11.5 Å². The van der Waals surface area contributed by atoms with Gasteiger partial charge in [-0.05, 0) is 78.2 Å². The third kappa shape index (κ3) is 4.42. The first-order chi connectivity index (χ1) is 17.0. The Morgan fingerprint density at radius 1 is 1.00 bits per heavy atom. The van der Waals surface area contributed by atoms with E-state index in [4.69, 9.17) is 14.6 Å². The van der Waals surface area contributed by atoms with Gasteiger partial charge in [0.2, 0.25) is 6.23 Å². The molecule has 3 aromatic carbocycles. The first kappa shape index (κ1) is 22.5. The average Bonchev–Trinajstić information content (AvgIpc) is 3.55. The van der Waals surface area contributed by atoms with Gasteiger partial charge in [-0.3, -0.25) is 0 Å². The number of thiophene rings is 1. The van der Waals surface area contributed by atoms with Crippen molar-refractivity contribution in [1.29, 1.82) is 0 Å². The molecule has 35 heavy (non-hydrogen) atoms. The number of rotatable bonds is 4. The summed E-state index contributed by atoms with van der Waals surface area (Å²) in [4.78, 5) is 13.7. The Hall–Kier alpha value is -2.94. The molecule has 174 valence electrons. The molecule has 0 spiro atoms. The summed E-state index contributed by atoms with van der Waals surface area (Å²) in [6, 6.07) is 24.9. The monoisotopic (exact) mass is 608 g/mol. The lowest BCUT2D eigenvalue weighted by atomic mass is 9.97. The van der Waals surface area contributed by atoms with Gasteiger partial charge >= 0.3 is 5.97 Å². The number of hydrogen-bond donors (Lipinski definition) is 0. The molecule has 2 atom stereocenters. The number of hydrogen-bond acceptors (Lipinski definition) is 6. The normalized spacial score (nSPS) is 18.3. The van der Waals surface area contributed by atoms with Gasteiger partial charge in [-0.25, -0.2) is 9.80 Å². The van der Waals surface area contributed by atoms with Gasteiger partial charge in [-0.2, -0.15) is 5.10 Å². The highest BCUT2D eigenvalue weighted by molar-refractivity contribution is 9.10. The van der Waals surface area contributed by atoms with Crippen molar-refractivity contribution in [1.82, 2.24) is 5.01 Å². The number of carbonyl (C=O) groups is 1. The number of ether oxygens (including phenoxy) is 2. The van der Waals surface area contributed by atoms with E-state index in [-0.39, 0.29) is 12.3 Å². The van der Waals surface area contributed by atoms with Crippen LogP contribution in [0.15, 0.2) is 98.3 Å². The molecule has 0 N–H and O–H groups in total. The number of hydrazone groups is 1. The number of carbonyl (C=O) groups excluding carboxylic acids is 1. The smallest absolute Gasteiger partial charge is 0.343 e. The first-order valence-corrected chi connectivity index (χ1v) is 13.5. The van der Waals surface area contributed by atoms with Crippen LogP contribution < -0.4 is 9.47 Å². The van der Waals surface area contributed by atoms with Crippen molar-refractivity contribution in [2.45, 2.75) is 18.7 Å². The van der Waals surface area contributed by atoms with Gasteiger partial charge in [0.05, 0.1) is 22.2 Å². The van der Waals surface area contributed by atoms with Gasteiger partial charge in [0.25, 0.3) is 0 Å². The zero-order chi connectivity index (χ0) is 23.9. The minimum absolute atomic E-state index is 0.0771. The predicted octanol–water partition coefficient (Wildman–Crippen LogP) is 7.73. The van der Waals surface area contributed by atoms with Gasteiger partial charge < -0.3 is 9.47 Å². The topological polar surface area (TPSA) is 51.1 Å². The highest BCUT2D eigenvalue weighted by atomic mass is 79.9. The van der Waals surface area contributed by atoms with Crippen molar-refractivity contribution >= 4 is 54.9 Å². The molecule has 1 aromatic heterocycles. The number of halogens is 2. The highest BCUT2D eigenvalue weighted by Gasteiger charge is 2.41. The molecule has 0 saturated carbocycles. The lowest BCUT2D eigenvalue weighted by Crippen LogP contribution is -2.33. The lowest BCUT2D eigenvalue weighted by Gasteiger charge is -2.38. The van der Waals surface area contributed by atoms with Crippen LogP contribution in [0, 0.1) is 0 Å². The van der Waals surface area contributed by atoms with Gasteiger partial charge in [-0.15, -0.1) is 11.3 Å². The van der Waals surface area contributed by atoms with Crippen molar-refractivity contribution < 1.29 is 14.3 Å². The van der Waals surface area contributed by atoms with Crippen molar-refractivity contribution in [2.75, 3.05) is 0 Å². The van der Waals surface area contributed by atoms with Crippen LogP contribution in [0.5, 0.6) is 11.5 Å². The molecule has 0 aliphatic carbocycles. The first-order valence-electron chi connectivity index (χ1n) is 11.0. The Morgan fingerprint density at radius 3 is 2.51 bits per heavy atom. The molecule has 8 heteroatoms. The number of esters is 1. The Labute approximate surface area is 223 Å². The van der Waals surface area contributed by atoms with Crippen molar-refractivity contribution in [2.24, 2.45) is 5.10 Å². The van der Waals surface area contributed by atoms with Crippen LogP contribution in [-0.2, 0) is 0 Å². The minimum atomic E-state index is -0.400. The molecule has 3 heterocycles. The quantitative estimate of drug-likeness (QED) is 0.175. The zero-order valence-corrected chi connectivity index (χ0v) is 22.2. The summed E-state index contributed by atoms with van der Waals surface area (Å²) in [7, 11) is 0. The molecule has 0 bridgehead atoms. The zero-order valence-electron chi connectivity index (χ0n) is 18.2. The minimum Gasteiger partial charge on any atom is -0.464 e. The van der Waals surface area contributed by atoms with E-state index in [2.05, 4.69) is 49.4 Å². The van der Waals surface area contributed by atoms with Crippen LogP contribution in [0.2, 0.25) is 0 Å². The van der Waals surface area contributed by atoms with Crippen LogP contribution >= 0.6 is 43.2 Å². The molecular formula is C27H18Br2N2O3S. The van der Waals surface area contributed by atoms with Crippen LogP contribution in [0.1, 0.15) is 45.1 Å². The fourth-order valence-corrected chi connectivity index (χ4v) is 5.69. The van der Waals surface area contributed by atoms with E-state index in [0.29, 0.717) is 11.3 Å². The van der Waals surface area contributed by atoms with E-state index < -0.39 is 5.97 Å². The number of fused-ring (bicyclic) bond motifs is 3. The van der Waals surface area contributed by atoms with Gasteiger partial charge in [-0.1, -0.05) is 37.9 Å². The molecule has 0 unspecified atom stereocenters. The summed E-state index contributed by atoms with van der Waals surface area (Å²) in [5, 5.41) is 9.11. The Morgan fingerprint density at radius 2 is 1.77 bits per heavy atom. The maximum absolute atomic E-state index is 12.5. The summed E-state index contributed by atoms with van der Waals surface area (Å²) >= 11 is 8.67. The van der Waals surface area contributed by atoms with Crippen LogP contribution in [-0.4, -0.2) is 16.7 Å². The number of nitrogens with zero attached hydrogens (tertiary/aromatic N) is 2. The Kier molecular flexibility index (Phi) is 5.96. The fourth-order valence-electron chi connectivity index (χ4n) is 4.32. The van der Waals surface area contributed by atoms with Crippen LogP contribution in [0.4, 0.5) is 0 Å². The molecule has 6 rings (SSSR count). The van der Waals surface area contributed by atoms with Crippen molar-refractivity contribution in [3.05, 3.63) is 115 Å². The van der Waals surface area contributed by atoms with E-state index in [0.717, 1.165) is 38.0 Å². The SMILES string of the molecule is O=C(Oc1ccc([C@@H]2Oc3ccc(Br)cc3[C@H]3CC(c4cccs4)=NN32)cc1)c1ccc(Br)cc1. The summed E-state index contributed by atoms with van der Waals surface area (Å²) in [5.74, 6) is 0.929. The molecule has 0 fully saturated rings. The van der Waals surface area contributed by atoms with Crippen molar-refractivity contribution in [3.8, 4) is 11.5 Å². The maximum atomic E-state index is 12.5. The lowest BCUT2D eigenvalue weighted by molar-refractivity contribution is -0.0190. The third-order valence-electron chi connectivity index (χ3n) is 6.01. The molecular weight excluding hydrogens is 592 g/mol. The van der Waals surface area contributed by atoms with Crippen LogP contribution in [0.25, 0.3) is 0 Å². The fraction of sp³-hybridized carbons (Fsp3) is 0.111. The summed E-state index contributed by atoms with van der Waals surface area (Å²) < 4.78 is 13.9. The molecule has 0 radical (unpaired) electrons. The van der Waals surface area contributed by atoms with Gasteiger partial charge in [0, 0.05) is 26.5 Å². The van der Waals surface area contributed by atoms with Crippen LogP contribution in [0.3, 0.4) is 0 Å². The second kappa shape index (κ2) is 9.26. The average molecular weight is 610 g/mol. The van der Waals surface area contributed by atoms with E-state index in [9.17, 15) is 4.79 Å². The van der Waals surface area contributed by atoms with Gasteiger partial charge in [0.15, 0.2) is 0 Å². The summed E-state index contributed by atoms with van der Waals surface area (Å²) in [6.45, 7) is 0. The molecule has 4 aromatic rings. The van der Waals surface area contributed by atoms with Crippen molar-refractivity contribution in [3.63, 3.8) is 0 Å². The molecule has 2 aliphatic rings. The second-order valence-electron chi connectivity index (χ2n) is 8.24. The molecule has 5 nitrogen and oxygen atoms in total. The maximum Gasteiger partial charge on any atom is 0.343 e. The largest absolute Gasteiger partial charge is 0.464 e.